The Morgan fingerprint density at radius 1 is 1.21 bits per heavy atom. The first-order chi connectivity index (χ1) is 8.92. The minimum Gasteiger partial charge on any atom is -0.368 e. The molecular weight excluding hydrogens is 260 g/mol. The van der Waals surface area contributed by atoms with Gasteiger partial charge in [-0.15, -0.1) is 0 Å². The first kappa shape index (κ1) is 16.0. The van der Waals surface area contributed by atoms with Crippen molar-refractivity contribution in [2.75, 3.05) is 23.7 Å². The summed E-state index contributed by atoms with van der Waals surface area (Å²) in [5.41, 5.74) is 6.62. The van der Waals surface area contributed by atoms with Gasteiger partial charge in [-0.25, -0.2) is 8.42 Å². The molecule has 1 aromatic rings. The van der Waals surface area contributed by atoms with Crippen molar-refractivity contribution in [2.24, 2.45) is 5.73 Å². The molecule has 2 N–H and O–H groups in total. The predicted octanol–water partition coefficient (Wildman–Crippen LogP) is 2.04. The number of hydrogen-bond donors (Lipinski definition) is 1. The lowest BCUT2D eigenvalue weighted by Crippen LogP contribution is -2.35. The molecule has 0 amide bonds. The summed E-state index contributed by atoms with van der Waals surface area (Å²) in [4.78, 5) is 2.56. The van der Waals surface area contributed by atoms with Gasteiger partial charge in [0.15, 0.2) is 9.84 Å². The Morgan fingerprint density at radius 3 is 2.21 bits per heavy atom. The average Bonchev–Trinajstić information content (AvgIpc) is 2.35. The normalized spacial score (nSPS) is 11.8. The van der Waals surface area contributed by atoms with E-state index in [1.165, 1.54) is 0 Å². The third-order valence-corrected chi connectivity index (χ3v) is 4.93. The number of rotatable bonds is 7. The molecule has 19 heavy (non-hydrogen) atoms. The molecule has 0 aliphatic heterocycles. The molecule has 0 radical (unpaired) electrons. The van der Waals surface area contributed by atoms with Gasteiger partial charge in [0.25, 0.3) is 0 Å². The first-order valence-corrected chi connectivity index (χ1v) is 8.37. The Balaban J connectivity index is 2.98. The Bertz CT molecular complexity index is 481. The smallest absolute Gasteiger partial charge is 0.178 e. The quantitative estimate of drug-likeness (QED) is 0.832. The van der Waals surface area contributed by atoms with Gasteiger partial charge in [0.2, 0.25) is 0 Å². The van der Waals surface area contributed by atoms with E-state index in [0.717, 1.165) is 12.2 Å². The zero-order valence-corrected chi connectivity index (χ0v) is 12.8. The van der Waals surface area contributed by atoms with Crippen LogP contribution in [-0.2, 0) is 9.84 Å². The van der Waals surface area contributed by atoms with E-state index in [0.29, 0.717) is 23.9 Å². The largest absolute Gasteiger partial charge is 0.368 e. The molecule has 1 aromatic carbocycles. The van der Waals surface area contributed by atoms with Crippen molar-refractivity contribution in [2.45, 2.75) is 38.1 Å². The van der Waals surface area contributed by atoms with Gasteiger partial charge < -0.3 is 10.6 Å². The number of hydrogen-bond acceptors (Lipinski definition) is 4. The highest BCUT2D eigenvalue weighted by atomic mass is 32.2. The van der Waals surface area contributed by atoms with Crippen molar-refractivity contribution in [3.8, 4) is 0 Å². The van der Waals surface area contributed by atoms with Crippen LogP contribution >= 0.6 is 0 Å². The Morgan fingerprint density at radius 2 is 1.79 bits per heavy atom. The Labute approximate surface area is 116 Å². The van der Waals surface area contributed by atoms with E-state index in [1.807, 2.05) is 19.1 Å². The summed E-state index contributed by atoms with van der Waals surface area (Å²) in [6.45, 7) is 7.40. The summed E-state index contributed by atoms with van der Waals surface area (Å²) in [6, 6.07) is 7.43. The molecule has 1 rings (SSSR count). The molecular formula is C14H24N2O2S. The van der Waals surface area contributed by atoms with Crippen molar-refractivity contribution >= 4 is 15.5 Å². The molecule has 108 valence electrons. The van der Waals surface area contributed by atoms with Gasteiger partial charge >= 0.3 is 0 Å². The maximum atomic E-state index is 11.9. The molecule has 0 heterocycles. The van der Waals surface area contributed by atoms with Gasteiger partial charge in [0.1, 0.15) is 0 Å². The van der Waals surface area contributed by atoms with E-state index in [4.69, 9.17) is 5.73 Å². The minimum absolute atomic E-state index is 0.197. The number of nitrogens with two attached hydrogens (primary N) is 1. The van der Waals surface area contributed by atoms with Crippen LogP contribution in [0.5, 0.6) is 0 Å². The number of nitrogens with zero attached hydrogens (tertiary/aromatic N) is 1. The van der Waals surface area contributed by atoms with Crippen molar-refractivity contribution in [1.82, 2.24) is 0 Å². The zero-order chi connectivity index (χ0) is 14.5. The molecule has 0 spiro atoms. The van der Waals surface area contributed by atoms with Crippen LogP contribution in [0, 0.1) is 0 Å². The number of benzene rings is 1. The fourth-order valence-electron chi connectivity index (χ4n) is 2.06. The van der Waals surface area contributed by atoms with Crippen LogP contribution in [0.15, 0.2) is 29.2 Å². The summed E-state index contributed by atoms with van der Waals surface area (Å²) in [5, 5.41) is 0. The van der Waals surface area contributed by atoms with Crippen molar-refractivity contribution in [3.63, 3.8) is 0 Å². The second kappa shape index (κ2) is 6.91. The Hall–Kier alpha value is -1.07. The van der Waals surface area contributed by atoms with Gasteiger partial charge in [-0.3, -0.25) is 0 Å². The molecule has 0 atom stereocenters. The molecule has 0 saturated carbocycles. The third-order valence-electron chi connectivity index (χ3n) is 2.99. The van der Waals surface area contributed by atoms with Crippen LogP contribution in [0.25, 0.3) is 0 Å². The fourth-order valence-corrected chi connectivity index (χ4v) is 3.38. The maximum Gasteiger partial charge on any atom is 0.178 e. The van der Waals surface area contributed by atoms with E-state index in [-0.39, 0.29) is 5.75 Å². The van der Waals surface area contributed by atoms with E-state index in [2.05, 4.69) is 18.7 Å². The SMILES string of the molecule is CCCS(=O)(=O)c1ccc(N(CCN)C(C)C)cc1. The second-order valence-corrected chi connectivity index (χ2v) is 7.00. The van der Waals surface area contributed by atoms with E-state index < -0.39 is 9.84 Å². The summed E-state index contributed by atoms with van der Waals surface area (Å²) in [5.74, 6) is 0.197. The molecule has 5 heteroatoms. The highest BCUT2D eigenvalue weighted by Gasteiger charge is 2.14. The van der Waals surface area contributed by atoms with Gasteiger partial charge in [-0.2, -0.15) is 0 Å². The predicted molar refractivity (Wildman–Crippen MR) is 80.3 cm³/mol. The van der Waals surface area contributed by atoms with Crippen molar-refractivity contribution in [3.05, 3.63) is 24.3 Å². The van der Waals surface area contributed by atoms with E-state index in [9.17, 15) is 8.42 Å². The Kier molecular flexibility index (Phi) is 5.82. The second-order valence-electron chi connectivity index (χ2n) is 4.89. The molecule has 0 aliphatic carbocycles. The lowest BCUT2D eigenvalue weighted by molar-refractivity contribution is 0.594. The molecule has 0 unspecified atom stereocenters. The van der Waals surface area contributed by atoms with Gasteiger partial charge in [-0.1, -0.05) is 6.92 Å². The standard InChI is InChI=1S/C14H24N2O2S/c1-4-11-19(17,18)14-7-5-13(6-8-14)16(10-9-15)12(2)3/h5-8,12H,4,9-11,15H2,1-3H3. The van der Waals surface area contributed by atoms with Gasteiger partial charge in [0.05, 0.1) is 10.6 Å². The molecule has 0 fully saturated rings. The summed E-state index contributed by atoms with van der Waals surface area (Å²) in [7, 11) is -3.13. The van der Waals surface area contributed by atoms with Crippen LogP contribution in [0.2, 0.25) is 0 Å². The topological polar surface area (TPSA) is 63.4 Å². The molecule has 0 bridgehead atoms. The summed E-state index contributed by atoms with van der Waals surface area (Å²) < 4.78 is 23.9. The number of sulfone groups is 1. The van der Waals surface area contributed by atoms with Crippen LogP contribution < -0.4 is 10.6 Å². The first-order valence-electron chi connectivity index (χ1n) is 6.72. The van der Waals surface area contributed by atoms with Crippen LogP contribution in [0.4, 0.5) is 5.69 Å². The number of anilines is 1. The molecule has 0 saturated heterocycles. The van der Waals surface area contributed by atoms with Crippen LogP contribution in [0.1, 0.15) is 27.2 Å². The van der Waals surface area contributed by atoms with Crippen LogP contribution in [0.3, 0.4) is 0 Å². The molecule has 4 nitrogen and oxygen atoms in total. The lowest BCUT2D eigenvalue weighted by atomic mass is 10.2. The van der Waals surface area contributed by atoms with Gasteiger partial charge in [-0.05, 0) is 44.5 Å². The highest BCUT2D eigenvalue weighted by molar-refractivity contribution is 7.91. The fraction of sp³-hybridized carbons (Fsp3) is 0.571. The van der Waals surface area contributed by atoms with Crippen molar-refractivity contribution < 1.29 is 8.42 Å². The van der Waals surface area contributed by atoms with E-state index in [1.54, 1.807) is 12.1 Å². The lowest BCUT2D eigenvalue weighted by Gasteiger charge is -2.28. The molecule has 0 aromatic heterocycles. The molecule has 0 aliphatic rings. The highest BCUT2D eigenvalue weighted by Crippen LogP contribution is 2.20. The summed E-state index contributed by atoms with van der Waals surface area (Å²) in [6.07, 6.45) is 0.634. The zero-order valence-electron chi connectivity index (χ0n) is 12.0. The van der Waals surface area contributed by atoms with Gasteiger partial charge in [0, 0.05) is 24.8 Å². The third kappa shape index (κ3) is 4.21. The van der Waals surface area contributed by atoms with E-state index >= 15 is 0 Å². The minimum atomic E-state index is -3.13. The maximum absolute atomic E-state index is 11.9. The average molecular weight is 284 g/mol. The monoisotopic (exact) mass is 284 g/mol. The summed E-state index contributed by atoms with van der Waals surface area (Å²) >= 11 is 0. The van der Waals surface area contributed by atoms with Crippen molar-refractivity contribution in [1.29, 1.82) is 0 Å². The van der Waals surface area contributed by atoms with Crippen LogP contribution in [-0.4, -0.2) is 33.3 Å².